The Morgan fingerprint density at radius 1 is 1.09 bits per heavy atom. The van der Waals surface area contributed by atoms with Crippen LogP contribution in [0.15, 0.2) is 47.3 Å². The third-order valence-electron chi connectivity index (χ3n) is 5.91. The van der Waals surface area contributed by atoms with E-state index >= 15 is 0 Å². The molecule has 7 nitrogen and oxygen atoms in total. The molecule has 1 saturated carbocycles. The predicted molar refractivity (Wildman–Crippen MR) is 130 cm³/mol. The second kappa shape index (κ2) is 10.6. The number of nitrogens with zero attached hydrogens (tertiary/aromatic N) is 1. The lowest BCUT2D eigenvalue weighted by atomic mass is 9.95. The fourth-order valence-corrected chi connectivity index (χ4v) is 4.38. The van der Waals surface area contributed by atoms with Crippen LogP contribution in [-0.4, -0.2) is 27.8 Å². The summed E-state index contributed by atoms with van der Waals surface area (Å²) in [6.07, 6.45) is 6.67. The summed E-state index contributed by atoms with van der Waals surface area (Å²) in [6, 6.07) is 12.2. The predicted octanol–water partition coefficient (Wildman–Crippen LogP) is 4.60. The van der Waals surface area contributed by atoms with Gasteiger partial charge in [-0.05, 0) is 49.6 Å². The summed E-state index contributed by atoms with van der Waals surface area (Å²) in [7, 11) is 0. The number of rotatable bonds is 7. The van der Waals surface area contributed by atoms with Crippen molar-refractivity contribution in [2.75, 3.05) is 5.32 Å². The highest BCUT2D eigenvalue weighted by Gasteiger charge is 2.19. The van der Waals surface area contributed by atoms with Gasteiger partial charge >= 0.3 is 0 Å². The van der Waals surface area contributed by atoms with Gasteiger partial charge in [-0.25, -0.2) is 4.98 Å². The van der Waals surface area contributed by atoms with Crippen LogP contribution in [0, 0.1) is 0 Å². The Morgan fingerprint density at radius 2 is 1.88 bits per heavy atom. The standard InChI is InChI=1S/C25H27ClN4O3/c26-20-14-13-17(15-19(20)25(33)28-16-7-2-1-3-8-16)27-23(31)12-6-11-22-29-21-10-5-4-9-18(21)24(32)30-22/h4-5,9-10,13-16H,1-3,6-8,11-12H2,(H,27,31)(H,28,33)(H,29,30,32). The van der Waals surface area contributed by atoms with E-state index in [-0.39, 0.29) is 29.8 Å². The molecular weight excluding hydrogens is 440 g/mol. The Balaban J connectivity index is 1.32. The maximum atomic E-state index is 12.7. The molecule has 2 amide bonds. The van der Waals surface area contributed by atoms with E-state index in [1.54, 1.807) is 36.4 Å². The summed E-state index contributed by atoms with van der Waals surface area (Å²) in [5, 5.41) is 6.78. The van der Waals surface area contributed by atoms with E-state index < -0.39 is 0 Å². The van der Waals surface area contributed by atoms with Gasteiger partial charge in [0.05, 0.1) is 21.5 Å². The molecule has 33 heavy (non-hydrogen) atoms. The van der Waals surface area contributed by atoms with E-state index in [0.29, 0.717) is 45.8 Å². The Bertz CT molecular complexity index is 1220. The van der Waals surface area contributed by atoms with Gasteiger partial charge in [0.25, 0.3) is 11.5 Å². The fraction of sp³-hybridized carbons (Fsp3) is 0.360. The van der Waals surface area contributed by atoms with Gasteiger partial charge in [-0.15, -0.1) is 0 Å². The van der Waals surface area contributed by atoms with E-state index in [0.717, 1.165) is 25.7 Å². The summed E-state index contributed by atoms with van der Waals surface area (Å²) < 4.78 is 0. The highest BCUT2D eigenvalue weighted by atomic mass is 35.5. The van der Waals surface area contributed by atoms with E-state index in [1.165, 1.54) is 6.42 Å². The average Bonchev–Trinajstić information content (AvgIpc) is 2.81. The zero-order valence-electron chi connectivity index (χ0n) is 18.3. The van der Waals surface area contributed by atoms with Crippen molar-refractivity contribution in [3.05, 3.63) is 69.2 Å². The molecular formula is C25H27ClN4O3. The summed E-state index contributed by atoms with van der Waals surface area (Å²) in [5.41, 5.74) is 1.34. The number of hydrogen-bond donors (Lipinski definition) is 3. The number of aryl methyl sites for hydroxylation is 1. The zero-order valence-corrected chi connectivity index (χ0v) is 19.1. The number of carbonyl (C=O) groups excluding carboxylic acids is 2. The van der Waals surface area contributed by atoms with Crippen LogP contribution in [0.4, 0.5) is 5.69 Å². The molecule has 0 unspecified atom stereocenters. The molecule has 8 heteroatoms. The molecule has 1 heterocycles. The van der Waals surface area contributed by atoms with Crippen molar-refractivity contribution in [2.24, 2.45) is 0 Å². The summed E-state index contributed by atoms with van der Waals surface area (Å²) >= 11 is 6.24. The first kappa shape index (κ1) is 23.0. The van der Waals surface area contributed by atoms with Gasteiger partial charge in [0.1, 0.15) is 5.82 Å². The molecule has 0 bridgehead atoms. The highest BCUT2D eigenvalue weighted by Crippen LogP contribution is 2.23. The number of amides is 2. The van der Waals surface area contributed by atoms with Crippen LogP contribution in [0.1, 0.15) is 61.1 Å². The second-order valence-electron chi connectivity index (χ2n) is 8.43. The Labute approximate surface area is 197 Å². The third-order valence-corrected chi connectivity index (χ3v) is 6.24. The minimum atomic E-state index is -0.214. The highest BCUT2D eigenvalue weighted by molar-refractivity contribution is 6.34. The molecule has 1 aromatic heterocycles. The van der Waals surface area contributed by atoms with Gasteiger partial charge in [-0.3, -0.25) is 14.4 Å². The monoisotopic (exact) mass is 466 g/mol. The summed E-state index contributed by atoms with van der Waals surface area (Å²) in [4.78, 5) is 44.5. The fourth-order valence-electron chi connectivity index (χ4n) is 4.18. The molecule has 1 aliphatic carbocycles. The van der Waals surface area contributed by atoms with Crippen LogP contribution in [-0.2, 0) is 11.2 Å². The lowest BCUT2D eigenvalue weighted by Gasteiger charge is -2.23. The number of anilines is 1. The number of H-pyrrole nitrogens is 1. The van der Waals surface area contributed by atoms with Crippen LogP contribution >= 0.6 is 11.6 Å². The lowest BCUT2D eigenvalue weighted by Crippen LogP contribution is -2.36. The number of fused-ring (bicyclic) bond motifs is 1. The Hall–Kier alpha value is -3.19. The molecule has 0 saturated heterocycles. The van der Waals surface area contributed by atoms with E-state index in [4.69, 9.17) is 11.6 Å². The SMILES string of the molecule is O=C(CCCc1nc2ccccc2c(=O)[nH]1)Nc1ccc(Cl)c(C(=O)NC2CCCCC2)c1. The zero-order chi connectivity index (χ0) is 23.2. The number of hydrogen-bond acceptors (Lipinski definition) is 4. The maximum Gasteiger partial charge on any atom is 0.258 e. The molecule has 0 aliphatic heterocycles. The molecule has 4 rings (SSSR count). The van der Waals surface area contributed by atoms with Crippen molar-refractivity contribution >= 4 is 40.0 Å². The number of aromatic amines is 1. The van der Waals surface area contributed by atoms with Crippen LogP contribution in [0.3, 0.4) is 0 Å². The quantitative estimate of drug-likeness (QED) is 0.473. The van der Waals surface area contributed by atoms with Crippen molar-refractivity contribution < 1.29 is 9.59 Å². The van der Waals surface area contributed by atoms with Crippen molar-refractivity contribution in [3.63, 3.8) is 0 Å². The third kappa shape index (κ3) is 5.99. The van der Waals surface area contributed by atoms with E-state index in [2.05, 4.69) is 20.6 Å². The number of aromatic nitrogens is 2. The van der Waals surface area contributed by atoms with Crippen LogP contribution < -0.4 is 16.2 Å². The van der Waals surface area contributed by atoms with Gasteiger partial charge in [-0.2, -0.15) is 0 Å². The van der Waals surface area contributed by atoms with Gasteiger partial charge in [0.2, 0.25) is 5.91 Å². The van der Waals surface area contributed by atoms with Crippen LogP contribution in [0.5, 0.6) is 0 Å². The van der Waals surface area contributed by atoms with Crippen molar-refractivity contribution in [2.45, 2.75) is 57.4 Å². The number of benzene rings is 2. The number of para-hydroxylation sites is 1. The second-order valence-corrected chi connectivity index (χ2v) is 8.84. The molecule has 2 aromatic carbocycles. The van der Waals surface area contributed by atoms with Gasteiger partial charge < -0.3 is 15.6 Å². The topological polar surface area (TPSA) is 104 Å². The normalized spacial score (nSPS) is 14.2. The van der Waals surface area contributed by atoms with Crippen molar-refractivity contribution in [3.8, 4) is 0 Å². The van der Waals surface area contributed by atoms with Gasteiger partial charge in [0.15, 0.2) is 0 Å². The van der Waals surface area contributed by atoms with Crippen molar-refractivity contribution in [1.29, 1.82) is 0 Å². The van der Waals surface area contributed by atoms with E-state index in [9.17, 15) is 14.4 Å². The van der Waals surface area contributed by atoms with Crippen molar-refractivity contribution in [1.82, 2.24) is 15.3 Å². The molecule has 0 atom stereocenters. The largest absolute Gasteiger partial charge is 0.349 e. The minimum Gasteiger partial charge on any atom is -0.349 e. The van der Waals surface area contributed by atoms with E-state index in [1.807, 2.05) is 6.07 Å². The first-order valence-electron chi connectivity index (χ1n) is 11.4. The Kier molecular flexibility index (Phi) is 7.40. The molecule has 1 aliphatic rings. The maximum absolute atomic E-state index is 12.7. The first-order chi connectivity index (χ1) is 16.0. The molecule has 1 fully saturated rings. The number of nitrogens with one attached hydrogen (secondary N) is 3. The molecule has 0 spiro atoms. The molecule has 0 radical (unpaired) electrons. The number of halogens is 1. The lowest BCUT2D eigenvalue weighted by molar-refractivity contribution is -0.116. The van der Waals surface area contributed by atoms with Crippen LogP contribution in [0.2, 0.25) is 5.02 Å². The first-order valence-corrected chi connectivity index (χ1v) is 11.8. The van der Waals surface area contributed by atoms with Gasteiger partial charge in [0, 0.05) is 24.6 Å². The Morgan fingerprint density at radius 3 is 2.70 bits per heavy atom. The average molecular weight is 467 g/mol. The number of carbonyl (C=O) groups is 2. The molecule has 3 N–H and O–H groups in total. The summed E-state index contributed by atoms with van der Waals surface area (Å²) in [6.45, 7) is 0. The smallest absolute Gasteiger partial charge is 0.258 e. The molecule has 172 valence electrons. The van der Waals surface area contributed by atoms with Crippen LogP contribution in [0.25, 0.3) is 10.9 Å². The summed E-state index contributed by atoms with van der Waals surface area (Å²) in [5.74, 6) is 0.160. The van der Waals surface area contributed by atoms with Gasteiger partial charge in [-0.1, -0.05) is 43.0 Å². The molecule has 3 aromatic rings. The minimum absolute atomic E-state index is 0.177.